The molecule has 1 aromatic carbocycles. The zero-order valence-corrected chi connectivity index (χ0v) is 13.0. The average molecular weight is 303 g/mol. The quantitative estimate of drug-likeness (QED) is 0.844. The molecule has 0 saturated carbocycles. The molecule has 1 atom stereocenters. The van der Waals surface area contributed by atoms with Crippen molar-refractivity contribution in [2.75, 3.05) is 6.54 Å². The van der Waals surface area contributed by atoms with Crippen LogP contribution in [0, 0.1) is 5.41 Å². The Kier molecular flexibility index (Phi) is 5.65. The molecule has 0 aliphatic heterocycles. The summed E-state index contributed by atoms with van der Waals surface area (Å²) in [7, 11) is 0. The number of hydrogen-bond donors (Lipinski definition) is 2. The van der Waals surface area contributed by atoms with E-state index in [9.17, 15) is 4.79 Å². The molecule has 19 heavy (non-hydrogen) atoms. The predicted octanol–water partition coefficient (Wildman–Crippen LogP) is 3.55. The lowest BCUT2D eigenvalue weighted by molar-refractivity contribution is -0.125. The largest absolute Gasteiger partial charge is 0.369 e. The zero-order valence-electron chi connectivity index (χ0n) is 11.5. The fraction of sp³-hybridized carbons (Fsp3) is 0.500. The lowest BCUT2D eigenvalue weighted by Crippen LogP contribution is -2.41. The molecular weight excluding hydrogens is 283 g/mol. The summed E-state index contributed by atoms with van der Waals surface area (Å²) in [5.41, 5.74) is 5.75. The van der Waals surface area contributed by atoms with Crippen molar-refractivity contribution in [3.63, 3.8) is 0 Å². The highest BCUT2D eigenvalue weighted by Gasteiger charge is 2.26. The minimum Gasteiger partial charge on any atom is -0.369 e. The average Bonchev–Trinajstić information content (AvgIpc) is 2.31. The number of primary amides is 1. The lowest BCUT2D eigenvalue weighted by atomic mass is 9.91. The van der Waals surface area contributed by atoms with Gasteiger partial charge in [-0.1, -0.05) is 36.2 Å². The summed E-state index contributed by atoms with van der Waals surface area (Å²) in [4.78, 5) is 11.3. The van der Waals surface area contributed by atoms with E-state index in [0.29, 0.717) is 16.6 Å². The van der Waals surface area contributed by atoms with Crippen LogP contribution in [0.4, 0.5) is 0 Å². The summed E-state index contributed by atoms with van der Waals surface area (Å²) in [6, 6.07) is 5.51. The van der Waals surface area contributed by atoms with Crippen molar-refractivity contribution in [1.29, 1.82) is 0 Å². The second-order valence-electron chi connectivity index (χ2n) is 5.26. The number of halogens is 2. The van der Waals surface area contributed by atoms with Crippen molar-refractivity contribution in [2.45, 2.75) is 33.2 Å². The van der Waals surface area contributed by atoms with Crippen molar-refractivity contribution in [1.82, 2.24) is 5.32 Å². The third-order valence-corrected chi connectivity index (χ3v) is 3.77. The molecule has 0 spiro atoms. The number of hydrogen-bond acceptors (Lipinski definition) is 2. The molecule has 3 N–H and O–H groups in total. The first-order valence-corrected chi connectivity index (χ1v) is 7.01. The van der Waals surface area contributed by atoms with Crippen LogP contribution in [0.1, 0.15) is 38.8 Å². The minimum absolute atomic E-state index is 0.0726. The van der Waals surface area contributed by atoms with E-state index in [2.05, 4.69) is 12.2 Å². The van der Waals surface area contributed by atoms with E-state index in [0.717, 1.165) is 12.0 Å². The van der Waals surface area contributed by atoms with Crippen molar-refractivity contribution >= 4 is 29.1 Å². The first-order valence-electron chi connectivity index (χ1n) is 6.26. The van der Waals surface area contributed by atoms with Crippen molar-refractivity contribution in [3.8, 4) is 0 Å². The van der Waals surface area contributed by atoms with Gasteiger partial charge in [0.1, 0.15) is 0 Å². The molecule has 106 valence electrons. The summed E-state index contributed by atoms with van der Waals surface area (Å²) in [5, 5.41) is 4.58. The number of nitrogens with two attached hydrogens (primary N) is 1. The summed E-state index contributed by atoms with van der Waals surface area (Å²) in [6.07, 6.45) is 0.857. The van der Waals surface area contributed by atoms with E-state index in [-0.39, 0.29) is 11.9 Å². The Hall–Kier alpha value is -0.770. The van der Waals surface area contributed by atoms with Crippen molar-refractivity contribution < 1.29 is 4.79 Å². The maximum Gasteiger partial charge on any atom is 0.224 e. The van der Waals surface area contributed by atoms with Crippen LogP contribution in [-0.2, 0) is 4.79 Å². The second kappa shape index (κ2) is 6.60. The van der Waals surface area contributed by atoms with Gasteiger partial charge in [-0.2, -0.15) is 0 Å². The molecule has 1 amide bonds. The molecule has 1 aromatic rings. The lowest BCUT2D eigenvalue weighted by Gasteiger charge is -2.26. The molecule has 1 rings (SSSR count). The molecule has 1 unspecified atom stereocenters. The number of carbonyl (C=O) groups is 1. The molecule has 5 heteroatoms. The maximum absolute atomic E-state index is 11.3. The number of amides is 1. The third-order valence-electron chi connectivity index (χ3n) is 3.20. The van der Waals surface area contributed by atoms with Crippen LogP contribution in [0.3, 0.4) is 0 Å². The normalized spacial score (nSPS) is 13.3. The van der Waals surface area contributed by atoms with Gasteiger partial charge >= 0.3 is 0 Å². The summed E-state index contributed by atoms with van der Waals surface area (Å²) in [5.74, 6) is -0.322. The van der Waals surface area contributed by atoms with E-state index in [1.54, 1.807) is 6.07 Å². The van der Waals surface area contributed by atoms with Gasteiger partial charge in [0.2, 0.25) is 5.91 Å². The molecule has 3 nitrogen and oxygen atoms in total. The Morgan fingerprint density at radius 3 is 2.53 bits per heavy atom. The van der Waals surface area contributed by atoms with Crippen LogP contribution in [0.15, 0.2) is 18.2 Å². The zero-order chi connectivity index (χ0) is 14.6. The van der Waals surface area contributed by atoms with Gasteiger partial charge in [-0.3, -0.25) is 4.79 Å². The summed E-state index contributed by atoms with van der Waals surface area (Å²) in [6.45, 7) is 6.19. The van der Waals surface area contributed by atoms with Gasteiger partial charge in [-0.25, -0.2) is 0 Å². The molecular formula is C14H20Cl2N2O. The highest BCUT2D eigenvalue weighted by atomic mass is 35.5. The molecule has 0 aromatic heterocycles. The maximum atomic E-state index is 11.3. The van der Waals surface area contributed by atoms with E-state index >= 15 is 0 Å². The minimum atomic E-state index is -0.591. The smallest absolute Gasteiger partial charge is 0.224 e. The number of rotatable bonds is 6. The molecule has 0 aliphatic carbocycles. The van der Waals surface area contributed by atoms with E-state index in [1.165, 1.54) is 0 Å². The SMILES string of the molecule is CCC(NCC(C)(C)C(N)=O)c1ccc(Cl)cc1Cl. The summed E-state index contributed by atoms with van der Waals surface area (Å²) >= 11 is 12.1. The standard InChI is InChI=1S/C14H20Cl2N2O/c1-4-12(18-8-14(2,3)13(17)19)10-6-5-9(15)7-11(10)16/h5-7,12,18H,4,8H2,1-3H3,(H2,17,19). The number of benzene rings is 1. The van der Waals surface area contributed by atoms with E-state index in [4.69, 9.17) is 28.9 Å². The molecule has 0 bridgehead atoms. The van der Waals surface area contributed by atoms with Gasteiger partial charge in [0.15, 0.2) is 0 Å². The van der Waals surface area contributed by atoms with Crippen molar-refractivity contribution in [3.05, 3.63) is 33.8 Å². The topological polar surface area (TPSA) is 55.1 Å². The predicted molar refractivity (Wildman–Crippen MR) is 80.5 cm³/mol. The molecule has 0 radical (unpaired) electrons. The fourth-order valence-corrected chi connectivity index (χ4v) is 2.26. The van der Waals surface area contributed by atoms with Crippen LogP contribution < -0.4 is 11.1 Å². The second-order valence-corrected chi connectivity index (χ2v) is 6.10. The van der Waals surface area contributed by atoms with Gasteiger partial charge in [0, 0.05) is 22.6 Å². The number of carbonyl (C=O) groups excluding carboxylic acids is 1. The molecule has 0 saturated heterocycles. The summed E-state index contributed by atoms with van der Waals surface area (Å²) < 4.78 is 0. The van der Waals surface area contributed by atoms with Gasteiger partial charge in [-0.15, -0.1) is 0 Å². The molecule has 0 aliphatic rings. The van der Waals surface area contributed by atoms with Gasteiger partial charge < -0.3 is 11.1 Å². The van der Waals surface area contributed by atoms with Crippen LogP contribution in [-0.4, -0.2) is 12.5 Å². The Morgan fingerprint density at radius 2 is 2.05 bits per heavy atom. The van der Waals surface area contributed by atoms with E-state index in [1.807, 2.05) is 26.0 Å². The van der Waals surface area contributed by atoms with Gasteiger partial charge in [0.25, 0.3) is 0 Å². The van der Waals surface area contributed by atoms with Crippen LogP contribution in [0.5, 0.6) is 0 Å². The van der Waals surface area contributed by atoms with Gasteiger partial charge in [-0.05, 0) is 38.0 Å². The molecule has 0 heterocycles. The van der Waals surface area contributed by atoms with Crippen LogP contribution in [0.2, 0.25) is 10.0 Å². The number of nitrogens with one attached hydrogen (secondary N) is 1. The van der Waals surface area contributed by atoms with Gasteiger partial charge in [0.05, 0.1) is 5.41 Å². The Labute approximate surface area is 124 Å². The Bertz CT molecular complexity index is 461. The van der Waals surface area contributed by atoms with Crippen LogP contribution in [0.25, 0.3) is 0 Å². The first-order chi connectivity index (χ1) is 8.77. The highest BCUT2D eigenvalue weighted by molar-refractivity contribution is 6.35. The van der Waals surface area contributed by atoms with Crippen molar-refractivity contribution in [2.24, 2.45) is 11.1 Å². The fourth-order valence-electron chi connectivity index (χ4n) is 1.72. The van der Waals surface area contributed by atoms with Crippen LogP contribution >= 0.6 is 23.2 Å². The monoisotopic (exact) mass is 302 g/mol. The Morgan fingerprint density at radius 1 is 1.42 bits per heavy atom. The van der Waals surface area contributed by atoms with E-state index < -0.39 is 5.41 Å². The third kappa shape index (κ3) is 4.37. The first kappa shape index (κ1) is 16.3. The highest BCUT2D eigenvalue weighted by Crippen LogP contribution is 2.28. The molecule has 0 fully saturated rings. The Balaban J connectivity index is 2.82.